The van der Waals surface area contributed by atoms with Crippen molar-refractivity contribution < 1.29 is 8.78 Å². The van der Waals surface area contributed by atoms with E-state index in [2.05, 4.69) is 26.1 Å². The van der Waals surface area contributed by atoms with Crippen LogP contribution in [0.5, 0.6) is 0 Å². The van der Waals surface area contributed by atoms with E-state index < -0.39 is 17.7 Å². The summed E-state index contributed by atoms with van der Waals surface area (Å²) in [5.74, 6) is -1.37. The van der Waals surface area contributed by atoms with Crippen molar-refractivity contribution in [2.75, 3.05) is 0 Å². The molecule has 0 aliphatic heterocycles. The Morgan fingerprint density at radius 2 is 1.89 bits per heavy atom. The number of hydrogen-bond acceptors (Lipinski definition) is 3. The van der Waals surface area contributed by atoms with E-state index in [0.717, 1.165) is 0 Å². The molecule has 1 unspecified atom stereocenters. The molecule has 0 saturated heterocycles. The highest BCUT2D eigenvalue weighted by Crippen LogP contribution is 2.30. The van der Waals surface area contributed by atoms with E-state index in [9.17, 15) is 8.78 Å². The maximum Gasteiger partial charge on any atom is 0.145 e. The standard InChI is InChI=1S/C13H12BrF2N3/c1-6-5-8(7(2)19-18-6)13(17)11-10(15)4-3-9(14)12(11)16/h3-5,13H,17H2,1-2H3. The van der Waals surface area contributed by atoms with E-state index in [1.54, 1.807) is 19.9 Å². The Bertz CT molecular complexity index is 632. The molecule has 2 rings (SSSR count). The lowest BCUT2D eigenvalue weighted by Gasteiger charge is -2.16. The van der Waals surface area contributed by atoms with Crippen LogP contribution in [-0.2, 0) is 0 Å². The molecule has 1 atom stereocenters. The highest BCUT2D eigenvalue weighted by Gasteiger charge is 2.22. The smallest absolute Gasteiger partial charge is 0.145 e. The van der Waals surface area contributed by atoms with Gasteiger partial charge in [-0.05, 0) is 53.5 Å². The van der Waals surface area contributed by atoms with Gasteiger partial charge in [0.2, 0.25) is 0 Å². The summed E-state index contributed by atoms with van der Waals surface area (Å²) < 4.78 is 28.0. The number of aryl methyl sites for hydroxylation is 2. The van der Waals surface area contributed by atoms with Gasteiger partial charge in [-0.15, -0.1) is 0 Å². The van der Waals surface area contributed by atoms with Gasteiger partial charge in [0.05, 0.1) is 21.9 Å². The zero-order chi connectivity index (χ0) is 14.2. The van der Waals surface area contributed by atoms with Gasteiger partial charge in [0.1, 0.15) is 11.6 Å². The summed E-state index contributed by atoms with van der Waals surface area (Å²) in [6.07, 6.45) is 0. The number of halogens is 3. The van der Waals surface area contributed by atoms with E-state index in [1.807, 2.05) is 0 Å². The van der Waals surface area contributed by atoms with Crippen LogP contribution in [0.25, 0.3) is 0 Å². The van der Waals surface area contributed by atoms with Crippen molar-refractivity contribution in [1.82, 2.24) is 10.2 Å². The Morgan fingerprint density at radius 3 is 2.58 bits per heavy atom. The lowest BCUT2D eigenvalue weighted by atomic mass is 9.97. The van der Waals surface area contributed by atoms with Crippen LogP contribution in [0.2, 0.25) is 0 Å². The summed E-state index contributed by atoms with van der Waals surface area (Å²) in [5, 5.41) is 7.80. The zero-order valence-electron chi connectivity index (χ0n) is 10.4. The summed E-state index contributed by atoms with van der Waals surface area (Å²) in [7, 11) is 0. The zero-order valence-corrected chi connectivity index (χ0v) is 12.0. The monoisotopic (exact) mass is 327 g/mol. The van der Waals surface area contributed by atoms with Crippen molar-refractivity contribution in [2.45, 2.75) is 19.9 Å². The molecule has 2 N–H and O–H groups in total. The van der Waals surface area contributed by atoms with Gasteiger partial charge in [-0.2, -0.15) is 10.2 Å². The first-order valence-corrected chi connectivity index (χ1v) is 6.41. The van der Waals surface area contributed by atoms with Crippen molar-refractivity contribution in [1.29, 1.82) is 0 Å². The van der Waals surface area contributed by atoms with Crippen molar-refractivity contribution in [3.63, 3.8) is 0 Å². The number of aromatic nitrogens is 2. The second kappa shape index (κ2) is 5.30. The molecule has 0 radical (unpaired) electrons. The Balaban J connectivity index is 2.59. The molecule has 1 heterocycles. The van der Waals surface area contributed by atoms with Gasteiger partial charge in [0.25, 0.3) is 0 Å². The minimum absolute atomic E-state index is 0.176. The summed E-state index contributed by atoms with van der Waals surface area (Å²) in [4.78, 5) is 0. The van der Waals surface area contributed by atoms with Gasteiger partial charge in [-0.3, -0.25) is 0 Å². The van der Waals surface area contributed by atoms with Gasteiger partial charge >= 0.3 is 0 Å². The van der Waals surface area contributed by atoms with Crippen molar-refractivity contribution in [3.8, 4) is 0 Å². The number of rotatable bonds is 2. The van der Waals surface area contributed by atoms with Gasteiger partial charge in [-0.1, -0.05) is 0 Å². The van der Waals surface area contributed by atoms with Crippen LogP contribution in [-0.4, -0.2) is 10.2 Å². The quantitative estimate of drug-likeness (QED) is 0.862. The molecule has 19 heavy (non-hydrogen) atoms. The Hall–Kier alpha value is -1.40. The predicted molar refractivity (Wildman–Crippen MR) is 71.6 cm³/mol. The molecule has 2 aromatic rings. The first kappa shape index (κ1) is 14.0. The van der Waals surface area contributed by atoms with Crippen LogP contribution in [0.15, 0.2) is 22.7 Å². The SMILES string of the molecule is Cc1cc(C(N)c2c(F)ccc(Br)c2F)c(C)nn1. The average molecular weight is 328 g/mol. The minimum atomic E-state index is -0.924. The first-order chi connectivity index (χ1) is 8.91. The predicted octanol–water partition coefficient (Wildman–Crippen LogP) is 3.18. The molecule has 0 aliphatic rings. The summed E-state index contributed by atoms with van der Waals surface area (Å²) >= 11 is 3.03. The summed E-state index contributed by atoms with van der Waals surface area (Å²) in [6.45, 7) is 3.45. The molecule has 6 heteroatoms. The molecule has 0 fully saturated rings. The van der Waals surface area contributed by atoms with Crippen LogP contribution >= 0.6 is 15.9 Å². The lowest BCUT2D eigenvalue weighted by molar-refractivity contribution is 0.538. The maximum absolute atomic E-state index is 14.0. The van der Waals surface area contributed by atoms with E-state index in [-0.39, 0.29) is 10.0 Å². The summed E-state index contributed by atoms with van der Waals surface area (Å²) in [6, 6.07) is 3.25. The molecule has 1 aromatic heterocycles. The van der Waals surface area contributed by atoms with Gasteiger partial charge in [0, 0.05) is 5.56 Å². The van der Waals surface area contributed by atoms with Crippen LogP contribution in [0, 0.1) is 25.5 Å². The highest BCUT2D eigenvalue weighted by atomic mass is 79.9. The van der Waals surface area contributed by atoms with Crippen molar-refractivity contribution in [2.24, 2.45) is 5.73 Å². The molecule has 0 saturated carbocycles. The molecule has 0 amide bonds. The van der Waals surface area contributed by atoms with Crippen LogP contribution in [0.1, 0.15) is 28.6 Å². The lowest BCUT2D eigenvalue weighted by Crippen LogP contribution is -2.18. The van der Waals surface area contributed by atoms with Gasteiger partial charge < -0.3 is 5.73 Å². The minimum Gasteiger partial charge on any atom is -0.320 e. The molecular formula is C13H12BrF2N3. The first-order valence-electron chi connectivity index (χ1n) is 5.61. The molecule has 0 spiro atoms. The number of benzene rings is 1. The van der Waals surface area contributed by atoms with Crippen LogP contribution < -0.4 is 5.73 Å². The number of hydrogen-bond donors (Lipinski definition) is 1. The molecule has 3 nitrogen and oxygen atoms in total. The maximum atomic E-state index is 14.0. The topological polar surface area (TPSA) is 51.8 Å². The molecule has 0 bridgehead atoms. The average Bonchev–Trinajstić information content (AvgIpc) is 2.37. The Labute approximate surface area is 118 Å². The van der Waals surface area contributed by atoms with Gasteiger partial charge in [0.15, 0.2) is 0 Å². The molecular weight excluding hydrogens is 316 g/mol. The Kier molecular flexibility index (Phi) is 3.91. The van der Waals surface area contributed by atoms with E-state index in [1.165, 1.54) is 12.1 Å². The van der Waals surface area contributed by atoms with Crippen molar-refractivity contribution >= 4 is 15.9 Å². The highest BCUT2D eigenvalue weighted by molar-refractivity contribution is 9.10. The van der Waals surface area contributed by atoms with Crippen molar-refractivity contribution in [3.05, 3.63) is 56.8 Å². The second-order valence-corrected chi connectivity index (χ2v) is 5.12. The Morgan fingerprint density at radius 1 is 1.21 bits per heavy atom. The number of nitrogens with two attached hydrogens (primary N) is 1. The molecule has 0 aliphatic carbocycles. The molecule has 100 valence electrons. The third-order valence-corrected chi connectivity index (χ3v) is 3.48. The van der Waals surface area contributed by atoms with E-state index >= 15 is 0 Å². The normalized spacial score (nSPS) is 12.5. The van der Waals surface area contributed by atoms with E-state index in [4.69, 9.17) is 5.73 Å². The third kappa shape index (κ3) is 2.64. The van der Waals surface area contributed by atoms with Crippen LogP contribution in [0.4, 0.5) is 8.78 Å². The fourth-order valence-corrected chi connectivity index (χ4v) is 2.21. The number of nitrogens with zero attached hydrogens (tertiary/aromatic N) is 2. The second-order valence-electron chi connectivity index (χ2n) is 4.26. The fraction of sp³-hybridized carbons (Fsp3) is 0.231. The molecule has 1 aromatic carbocycles. The van der Waals surface area contributed by atoms with Crippen LogP contribution in [0.3, 0.4) is 0 Å². The largest absolute Gasteiger partial charge is 0.320 e. The van der Waals surface area contributed by atoms with Gasteiger partial charge in [-0.25, -0.2) is 8.78 Å². The summed E-state index contributed by atoms with van der Waals surface area (Å²) in [5.41, 5.74) is 7.57. The third-order valence-electron chi connectivity index (χ3n) is 2.87. The fourth-order valence-electron chi connectivity index (χ4n) is 1.87. The van der Waals surface area contributed by atoms with E-state index in [0.29, 0.717) is 17.0 Å².